The molecule has 172 valence electrons. The zero-order valence-electron chi connectivity index (χ0n) is 20.6. The molecule has 1 rings (SSSR count). The lowest BCUT2D eigenvalue weighted by molar-refractivity contribution is 0.104. The highest BCUT2D eigenvalue weighted by Crippen LogP contribution is 2.40. The fraction of sp³-hybridized carbons (Fsp3) is 0.955. The summed E-state index contributed by atoms with van der Waals surface area (Å²) >= 11 is 0. The Morgan fingerprint density at radius 1 is 1.10 bits per heavy atom. The van der Waals surface area contributed by atoms with Crippen LogP contribution in [0.2, 0.25) is 43.8 Å². The number of likely N-dealkylation sites (N-methyl/N-ethyl adjacent to an activating group) is 1. The van der Waals surface area contributed by atoms with E-state index in [2.05, 4.69) is 53.5 Å². The van der Waals surface area contributed by atoms with Gasteiger partial charge >= 0.3 is 6.09 Å². The summed E-state index contributed by atoms with van der Waals surface area (Å²) in [4.78, 5) is 13.8. The molecule has 1 aliphatic carbocycles. The van der Waals surface area contributed by atoms with E-state index < -0.39 is 16.4 Å². The molecule has 0 aromatic rings. The van der Waals surface area contributed by atoms with Gasteiger partial charge in [0.15, 0.2) is 8.32 Å². The van der Waals surface area contributed by atoms with Crippen molar-refractivity contribution in [1.29, 1.82) is 0 Å². The first-order valence-corrected chi connectivity index (χ1v) is 18.0. The maximum atomic E-state index is 12.2. The fourth-order valence-electron chi connectivity index (χ4n) is 3.56. The molecule has 0 aromatic heterocycles. The molecule has 0 spiro atoms. The number of hydrogen-bond donors (Lipinski definition) is 1. The number of ether oxygens (including phenoxy) is 1. The molecule has 0 heterocycles. The van der Waals surface area contributed by atoms with Gasteiger partial charge in [-0.15, -0.1) is 0 Å². The van der Waals surface area contributed by atoms with Crippen LogP contribution in [-0.4, -0.2) is 59.7 Å². The maximum Gasteiger partial charge on any atom is 0.409 e. The molecule has 1 fully saturated rings. The van der Waals surface area contributed by atoms with Crippen LogP contribution in [0.5, 0.6) is 0 Å². The lowest BCUT2D eigenvalue weighted by atomic mass is 9.83. The zero-order valence-corrected chi connectivity index (χ0v) is 22.6. The highest BCUT2D eigenvalue weighted by Gasteiger charge is 2.39. The van der Waals surface area contributed by atoms with Crippen molar-refractivity contribution in [3.05, 3.63) is 0 Å². The van der Waals surface area contributed by atoms with Crippen LogP contribution in [0.4, 0.5) is 4.79 Å². The molecule has 0 aromatic carbocycles. The molecule has 29 heavy (non-hydrogen) atoms. The summed E-state index contributed by atoms with van der Waals surface area (Å²) in [6, 6.07) is 1.01. The molecule has 0 aliphatic heterocycles. The van der Waals surface area contributed by atoms with Crippen molar-refractivity contribution in [1.82, 2.24) is 4.90 Å². The number of nitrogens with two attached hydrogens (primary N) is 1. The van der Waals surface area contributed by atoms with E-state index in [1.165, 1.54) is 12.8 Å². The van der Waals surface area contributed by atoms with Crippen LogP contribution < -0.4 is 5.73 Å². The quantitative estimate of drug-likeness (QED) is 0.464. The molecular formula is C22H48N2O3Si2. The molecule has 1 atom stereocenters. The van der Waals surface area contributed by atoms with Crippen LogP contribution in [0.25, 0.3) is 0 Å². The minimum Gasteiger partial charge on any atom is -0.450 e. The molecule has 5 nitrogen and oxygen atoms in total. The topological polar surface area (TPSA) is 64.8 Å². The second kappa shape index (κ2) is 10.8. The van der Waals surface area contributed by atoms with E-state index in [1.54, 1.807) is 11.9 Å². The second-order valence-corrected chi connectivity index (χ2v) is 22.2. The molecular weight excluding hydrogens is 396 g/mol. The predicted octanol–water partition coefficient (Wildman–Crippen LogP) is 5.69. The normalized spacial score (nSPS) is 22.3. The minimum absolute atomic E-state index is 0.00685. The summed E-state index contributed by atoms with van der Waals surface area (Å²) < 4.78 is 12.0. The first kappa shape index (κ1) is 26.7. The average Bonchev–Trinajstić information content (AvgIpc) is 2.54. The van der Waals surface area contributed by atoms with E-state index in [4.69, 9.17) is 14.9 Å². The zero-order chi connectivity index (χ0) is 22.5. The Labute approximate surface area is 182 Å². The monoisotopic (exact) mass is 444 g/mol. The van der Waals surface area contributed by atoms with Crippen molar-refractivity contribution in [2.45, 2.75) is 109 Å². The van der Waals surface area contributed by atoms with Gasteiger partial charge in [0.2, 0.25) is 0 Å². The van der Waals surface area contributed by atoms with Crippen molar-refractivity contribution in [3.8, 4) is 0 Å². The van der Waals surface area contributed by atoms with Gasteiger partial charge in [0.1, 0.15) is 0 Å². The predicted molar refractivity (Wildman–Crippen MR) is 129 cm³/mol. The summed E-state index contributed by atoms with van der Waals surface area (Å²) in [6.07, 6.45) is 5.77. The van der Waals surface area contributed by atoms with Crippen LogP contribution in [0.15, 0.2) is 0 Å². The van der Waals surface area contributed by atoms with Crippen LogP contribution in [-0.2, 0) is 9.16 Å². The van der Waals surface area contributed by atoms with E-state index in [-0.39, 0.29) is 17.2 Å². The lowest BCUT2D eigenvalue weighted by Crippen LogP contribution is -2.45. The first-order chi connectivity index (χ1) is 13.1. The van der Waals surface area contributed by atoms with Crippen molar-refractivity contribution in [2.75, 3.05) is 20.2 Å². The molecule has 1 aliphatic rings. The Morgan fingerprint density at radius 3 is 2.14 bits per heavy atom. The maximum absolute atomic E-state index is 12.2. The molecule has 2 N–H and O–H groups in total. The third-order valence-electron chi connectivity index (χ3n) is 6.59. The molecule has 1 unspecified atom stereocenters. The molecule has 1 saturated carbocycles. The van der Waals surface area contributed by atoms with Gasteiger partial charge in [0.05, 0.1) is 6.61 Å². The van der Waals surface area contributed by atoms with Gasteiger partial charge < -0.3 is 19.8 Å². The molecule has 1 amide bonds. The summed E-state index contributed by atoms with van der Waals surface area (Å²) in [7, 11) is -1.07. The Hall–Kier alpha value is -0.376. The largest absolute Gasteiger partial charge is 0.450 e. The highest BCUT2D eigenvalue weighted by molar-refractivity contribution is 6.76. The second-order valence-electron chi connectivity index (χ2n) is 11.8. The minimum atomic E-state index is -1.68. The van der Waals surface area contributed by atoms with Crippen molar-refractivity contribution >= 4 is 22.5 Å². The van der Waals surface area contributed by atoms with E-state index in [9.17, 15) is 4.79 Å². The SMILES string of the molecule is CN(CC(N)CC1CCC(O[Si](C)(C)C(C)(C)C)CC1)C(=O)OCC[Si](C)(C)C. The van der Waals surface area contributed by atoms with Crippen molar-refractivity contribution in [2.24, 2.45) is 11.7 Å². The van der Waals surface area contributed by atoms with Gasteiger partial charge in [0, 0.05) is 33.8 Å². The average molecular weight is 445 g/mol. The standard InChI is InChI=1S/C22H48N2O3Si2/c1-22(2,3)29(8,9)27-20-12-10-18(11-13-20)16-19(23)17-24(4)21(25)26-14-15-28(5,6)7/h18-20H,10-17,23H2,1-9H3. The number of carbonyl (C=O) groups is 1. The third-order valence-corrected chi connectivity index (χ3v) is 12.8. The smallest absolute Gasteiger partial charge is 0.409 e. The van der Waals surface area contributed by atoms with Crippen LogP contribution in [0.1, 0.15) is 52.9 Å². The molecule has 0 radical (unpaired) electrons. The Balaban J connectivity index is 2.32. The van der Waals surface area contributed by atoms with Gasteiger partial charge in [-0.25, -0.2) is 4.79 Å². The van der Waals surface area contributed by atoms with Gasteiger partial charge in [-0.3, -0.25) is 0 Å². The molecule has 0 bridgehead atoms. The van der Waals surface area contributed by atoms with E-state index in [1.807, 2.05) is 0 Å². The van der Waals surface area contributed by atoms with E-state index >= 15 is 0 Å². The van der Waals surface area contributed by atoms with Crippen LogP contribution in [0.3, 0.4) is 0 Å². The Morgan fingerprint density at radius 2 is 1.66 bits per heavy atom. The fourth-order valence-corrected chi connectivity index (χ4v) is 5.70. The van der Waals surface area contributed by atoms with Crippen molar-refractivity contribution in [3.63, 3.8) is 0 Å². The van der Waals surface area contributed by atoms with Gasteiger partial charge in [-0.1, -0.05) is 40.4 Å². The van der Waals surface area contributed by atoms with Gasteiger partial charge in [0.25, 0.3) is 0 Å². The number of rotatable bonds is 9. The summed E-state index contributed by atoms with van der Waals surface area (Å²) in [5.74, 6) is 0.639. The van der Waals surface area contributed by atoms with Gasteiger partial charge in [-0.05, 0) is 62.2 Å². The number of carbonyl (C=O) groups excluding carboxylic acids is 1. The highest BCUT2D eigenvalue weighted by atomic mass is 28.4. The van der Waals surface area contributed by atoms with E-state index in [0.717, 1.165) is 25.3 Å². The summed E-state index contributed by atoms with van der Waals surface area (Å²) in [6.45, 7) is 19.5. The summed E-state index contributed by atoms with van der Waals surface area (Å²) in [5, 5.41) is 0.264. The van der Waals surface area contributed by atoms with Crippen molar-refractivity contribution < 1.29 is 14.0 Å². The third kappa shape index (κ3) is 9.98. The van der Waals surface area contributed by atoms with E-state index in [0.29, 0.717) is 25.2 Å². The Bertz CT molecular complexity index is 507. The van der Waals surface area contributed by atoms with Crippen LogP contribution >= 0.6 is 0 Å². The summed E-state index contributed by atoms with van der Waals surface area (Å²) in [5.41, 5.74) is 6.37. The first-order valence-electron chi connectivity index (χ1n) is 11.4. The number of hydrogen-bond acceptors (Lipinski definition) is 4. The Kier molecular flexibility index (Phi) is 9.91. The van der Waals surface area contributed by atoms with Crippen LogP contribution in [0, 0.1) is 5.92 Å². The molecule has 0 saturated heterocycles. The number of nitrogens with zero attached hydrogens (tertiary/aromatic N) is 1. The molecule has 7 heteroatoms. The number of amides is 1. The van der Waals surface area contributed by atoms with Gasteiger partial charge in [-0.2, -0.15) is 0 Å². The lowest BCUT2D eigenvalue weighted by Gasteiger charge is -2.41.